The Morgan fingerprint density at radius 1 is 1.35 bits per heavy atom. The van der Waals surface area contributed by atoms with E-state index >= 15 is 0 Å². The molecule has 0 aliphatic rings. The molecule has 0 fully saturated rings. The number of nitrogens with zero attached hydrogens (tertiary/aromatic N) is 3. The van der Waals surface area contributed by atoms with Gasteiger partial charge in [0.05, 0.1) is 35.3 Å². The predicted molar refractivity (Wildman–Crippen MR) is 75.6 cm³/mol. The normalized spacial score (nSPS) is 10.5. The fraction of sp³-hybridized carbons (Fsp3) is 0.333. The van der Waals surface area contributed by atoms with Crippen LogP contribution in [0, 0.1) is 17.1 Å². The van der Waals surface area contributed by atoms with Crippen molar-refractivity contribution in [2.75, 3.05) is 5.73 Å². The molecule has 1 aromatic carbocycles. The Morgan fingerprint density at radius 3 is 2.70 bits per heavy atom. The molecule has 0 saturated carbocycles. The van der Waals surface area contributed by atoms with Crippen LogP contribution in [-0.4, -0.2) is 9.78 Å². The summed E-state index contributed by atoms with van der Waals surface area (Å²) in [5.41, 5.74) is 9.36. The standard InChI is InChI=1S/C15H17FN4/c1-3-13-15(18)14(4-2)20(19-13)9-11-7-10(8-17)5-6-12(11)16/h5-7H,3-4,9,18H2,1-2H3. The number of nitrogens with two attached hydrogens (primary N) is 1. The van der Waals surface area contributed by atoms with E-state index in [9.17, 15) is 4.39 Å². The molecule has 0 aliphatic heterocycles. The Hall–Kier alpha value is -2.35. The van der Waals surface area contributed by atoms with Gasteiger partial charge in [0.25, 0.3) is 0 Å². The van der Waals surface area contributed by atoms with Crippen LogP contribution in [0.15, 0.2) is 18.2 Å². The second-order valence-electron chi connectivity index (χ2n) is 4.59. The number of hydrogen-bond acceptors (Lipinski definition) is 3. The third-order valence-corrected chi connectivity index (χ3v) is 3.34. The van der Waals surface area contributed by atoms with Crippen LogP contribution in [0.25, 0.3) is 0 Å². The van der Waals surface area contributed by atoms with E-state index in [1.54, 1.807) is 10.7 Å². The number of anilines is 1. The molecule has 104 valence electrons. The second kappa shape index (κ2) is 5.74. The van der Waals surface area contributed by atoms with Gasteiger partial charge in [0, 0.05) is 5.56 Å². The molecule has 4 nitrogen and oxygen atoms in total. The van der Waals surface area contributed by atoms with Crippen LogP contribution < -0.4 is 5.73 Å². The molecule has 0 unspecified atom stereocenters. The van der Waals surface area contributed by atoms with Gasteiger partial charge in [0.1, 0.15) is 5.82 Å². The fourth-order valence-corrected chi connectivity index (χ4v) is 2.26. The number of aryl methyl sites for hydroxylation is 1. The Morgan fingerprint density at radius 2 is 2.10 bits per heavy atom. The lowest BCUT2D eigenvalue weighted by Crippen LogP contribution is -2.08. The number of rotatable bonds is 4. The molecule has 0 bridgehead atoms. The quantitative estimate of drug-likeness (QED) is 0.930. The van der Waals surface area contributed by atoms with Crippen molar-refractivity contribution in [2.24, 2.45) is 0 Å². The number of halogens is 1. The first-order valence-electron chi connectivity index (χ1n) is 6.63. The summed E-state index contributed by atoms with van der Waals surface area (Å²) in [6.07, 6.45) is 1.48. The molecule has 0 aliphatic carbocycles. The Labute approximate surface area is 117 Å². The van der Waals surface area contributed by atoms with Crippen molar-refractivity contribution in [3.05, 3.63) is 46.5 Å². The predicted octanol–water partition coefficient (Wildman–Crippen LogP) is 2.65. The highest BCUT2D eigenvalue weighted by atomic mass is 19.1. The first-order chi connectivity index (χ1) is 9.60. The van der Waals surface area contributed by atoms with Gasteiger partial charge in [-0.1, -0.05) is 13.8 Å². The van der Waals surface area contributed by atoms with Gasteiger partial charge in [0.15, 0.2) is 0 Å². The van der Waals surface area contributed by atoms with Crippen molar-refractivity contribution in [1.29, 1.82) is 5.26 Å². The molecule has 1 aromatic heterocycles. The molecular weight excluding hydrogens is 255 g/mol. The van der Waals surface area contributed by atoms with Crippen molar-refractivity contribution < 1.29 is 4.39 Å². The Kier molecular flexibility index (Phi) is 4.04. The zero-order valence-electron chi connectivity index (χ0n) is 11.7. The number of nitriles is 1. The fourth-order valence-electron chi connectivity index (χ4n) is 2.26. The summed E-state index contributed by atoms with van der Waals surface area (Å²) in [5.74, 6) is -0.335. The van der Waals surface area contributed by atoms with Crippen molar-refractivity contribution in [3.63, 3.8) is 0 Å². The number of nitrogen functional groups attached to an aromatic ring is 1. The SMILES string of the molecule is CCc1nn(Cc2cc(C#N)ccc2F)c(CC)c1N. The van der Waals surface area contributed by atoms with Crippen LogP contribution in [0.2, 0.25) is 0 Å². The number of aromatic nitrogens is 2. The maximum Gasteiger partial charge on any atom is 0.128 e. The lowest BCUT2D eigenvalue weighted by Gasteiger charge is -2.08. The van der Waals surface area contributed by atoms with Crippen LogP contribution in [0.3, 0.4) is 0 Å². The highest BCUT2D eigenvalue weighted by Gasteiger charge is 2.14. The van der Waals surface area contributed by atoms with Gasteiger partial charge < -0.3 is 5.73 Å². The maximum atomic E-state index is 13.8. The first-order valence-corrected chi connectivity index (χ1v) is 6.63. The maximum absolute atomic E-state index is 13.8. The Balaban J connectivity index is 2.42. The summed E-state index contributed by atoms with van der Waals surface area (Å²) in [6, 6.07) is 6.35. The highest BCUT2D eigenvalue weighted by molar-refractivity contribution is 5.48. The van der Waals surface area contributed by atoms with Gasteiger partial charge in [0.2, 0.25) is 0 Å². The molecule has 5 heteroatoms. The second-order valence-corrected chi connectivity index (χ2v) is 4.59. The largest absolute Gasteiger partial charge is 0.396 e. The van der Waals surface area contributed by atoms with Gasteiger partial charge in [-0.25, -0.2) is 4.39 Å². The third-order valence-electron chi connectivity index (χ3n) is 3.34. The van der Waals surface area contributed by atoms with Crippen LogP contribution in [0.5, 0.6) is 0 Å². The Bertz CT molecular complexity index is 667. The summed E-state index contributed by atoms with van der Waals surface area (Å²) >= 11 is 0. The van der Waals surface area contributed by atoms with Crippen molar-refractivity contribution in [1.82, 2.24) is 9.78 Å². The topological polar surface area (TPSA) is 67.6 Å². The molecule has 0 saturated heterocycles. The zero-order chi connectivity index (χ0) is 14.7. The minimum atomic E-state index is -0.335. The molecule has 20 heavy (non-hydrogen) atoms. The highest BCUT2D eigenvalue weighted by Crippen LogP contribution is 2.20. The molecule has 0 spiro atoms. The first kappa shape index (κ1) is 14.1. The van der Waals surface area contributed by atoms with Gasteiger partial charge in [-0.15, -0.1) is 0 Å². The lowest BCUT2D eigenvalue weighted by molar-refractivity contribution is 0.573. The molecule has 2 rings (SSSR count). The van der Waals surface area contributed by atoms with Gasteiger partial charge >= 0.3 is 0 Å². The van der Waals surface area contributed by atoms with Crippen LogP contribution >= 0.6 is 0 Å². The minimum Gasteiger partial charge on any atom is -0.396 e. The molecule has 1 heterocycles. The van der Waals surface area contributed by atoms with Crippen LogP contribution in [-0.2, 0) is 19.4 Å². The van der Waals surface area contributed by atoms with Crippen molar-refractivity contribution in [2.45, 2.75) is 33.2 Å². The van der Waals surface area contributed by atoms with Gasteiger partial charge in [-0.3, -0.25) is 4.68 Å². The minimum absolute atomic E-state index is 0.286. The number of benzene rings is 1. The van der Waals surface area contributed by atoms with E-state index < -0.39 is 0 Å². The summed E-state index contributed by atoms with van der Waals surface area (Å²) in [6.45, 7) is 4.26. The molecule has 2 N–H and O–H groups in total. The van der Waals surface area contributed by atoms with Crippen LogP contribution in [0.4, 0.5) is 10.1 Å². The smallest absolute Gasteiger partial charge is 0.128 e. The third kappa shape index (κ3) is 2.50. The molecule has 2 aromatic rings. The van der Waals surface area contributed by atoms with E-state index in [0.29, 0.717) is 16.8 Å². The molecule has 0 radical (unpaired) electrons. The van der Waals surface area contributed by atoms with Crippen LogP contribution in [0.1, 0.15) is 36.4 Å². The average molecular weight is 272 g/mol. The summed E-state index contributed by atoms with van der Waals surface area (Å²) in [5, 5.41) is 13.3. The summed E-state index contributed by atoms with van der Waals surface area (Å²) in [4.78, 5) is 0. The van der Waals surface area contributed by atoms with E-state index in [-0.39, 0.29) is 12.4 Å². The van der Waals surface area contributed by atoms with E-state index in [1.807, 2.05) is 19.9 Å². The van der Waals surface area contributed by atoms with Crippen molar-refractivity contribution >= 4 is 5.69 Å². The lowest BCUT2D eigenvalue weighted by atomic mass is 10.1. The van der Waals surface area contributed by atoms with Gasteiger partial charge in [-0.2, -0.15) is 10.4 Å². The summed E-state index contributed by atoms with van der Waals surface area (Å²) in [7, 11) is 0. The van der Waals surface area contributed by atoms with E-state index in [2.05, 4.69) is 5.10 Å². The summed E-state index contributed by atoms with van der Waals surface area (Å²) < 4.78 is 15.6. The van der Waals surface area contributed by atoms with Crippen molar-refractivity contribution in [3.8, 4) is 6.07 Å². The van der Waals surface area contributed by atoms with Gasteiger partial charge in [-0.05, 0) is 31.0 Å². The van der Waals surface area contributed by atoms with E-state index in [4.69, 9.17) is 11.0 Å². The molecule has 0 amide bonds. The monoisotopic (exact) mass is 272 g/mol. The molecular formula is C15H17FN4. The van der Waals surface area contributed by atoms with E-state index in [1.165, 1.54) is 12.1 Å². The van der Waals surface area contributed by atoms with E-state index in [0.717, 1.165) is 24.2 Å². The average Bonchev–Trinajstić information content (AvgIpc) is 2.76. The number of hydrogen-bond donors (Lipinski definition) is 1. The molecule has 0 atom stereocenters. The zero-order valence-corrected chi connectivity index (χ0v) is 11.7.